The van der Waals surface area contributed by atoms with Crippen molar-refractivity contribution in [3.63, 3.8) is 0 Å². The molecule has 0 saturated carbocycles. The molecule has 0 aliphatic carbocycles. The molecular formula is C9H8N2S. The van der Waals surface area contributed by atoms with Crippen LogP contribution in [0.15, 0.2) is 35.3 Å². The van der Waals surface area contributed by atoms with Crippen LogP contribution in [0.2, 0.25) is 0 Å². The zero-order valence-electron chi connectivity index (χ0n) is 6.45. The number of benzene rings is 1. The molecule has 0 saturated heterocycles. The lowest BCUT2D eigenvalue weighted by atomic mass is 10.2. The number of rotatable bonds is 1. The monoisotopic (exact) mass is 176 g/mol. The van der Waals surface area contributed by atoms with Crippen molar-refractivity contribution in [2.45, 2.75) is 0 Å². The van der Waals surface area contributed by atoms with Crippen molar-refractivity contribution in [3.8, 4) is 0 Å². The number of amidine groups is 1. The summed E-state index contributed by atoms with van der Waals surface area (Å²) < 4.78 is 0. The zero-order chi connectivity index (χ0) is 8.39. The van der Waals surface area contributed by atoms with E-state index in [9.17, 15) is 0 Å². The van der Waals surface area contributed by atoms with Gasteiger partial charge < -0.3 is 0 Å². The first-order valence-corrected chi connectivity index (χ1v) is 4.69. The van der Waals surface area contributed by atoms with E-state index in [0.29, 0.717) is 11.6 Å². The maximum atomic E-state index is 7.32. The summed E-state index contributed by atoms with van der Waals surface area (Å²) in [6.45, 7) is 0. The van der Waals surface area contributed by atoms with Crippen LogP contribution in [0.4, 0.5) is 0 Å². The lowest BCUT2D eigenvalue weighted by molar-refractivity contribution is 1.43. The number of hydrogen-bond donors (Lipinski definition) is 1. The average molecular weight is 176 g/mol. The minimum absolute atomic E-state index is 0.471. The Labute approximate surface area is 75.2 Å². The fraction of sp³-hybridized carbons (Fsp3) is 0.111. The second-order valence-electron chi connectivity index (χ2n) is 2.52. The lowest BCUT2D eigenvalue weighted by Crippen LogP contribution is -1.89. The molecule has 0 bridgehead atoms. The van der Waals surface area contributed by atoms with Crippen LogP contribution in [0.25, 0.3) is 0 Å². The Morgan fingerprint density at radius 3 is 2.58 bits per heavy atom. The molecule has 0 aromatic heterocycles. The van der Waals surface area contributed by atoms with E-state index >= 15 is 0 Å². The van der Waals surface area contributed by atoms with E-state index in [0.717, 1.165) is 10.6 Å². The highest BCUT2D eigenvalue weighted by Crippen LogP contribution is 2.19. The van der Waals surface area contributed by atoms with Crippen LogP contribution in [0.5, 0.6) is 0 Å². The van der Waals surface area contributed by atoms with Gasteiger partial charge in [0.1, 0.15) is 10.9 Å². The van der Waals surface area contributed by atoms with Gasteiger partial charge in [-0.05, 0) is 0 Å². The van der Waals surface area contributed by atoms with Crippen LogP contribution in [0.1, 0.15) is 5.56 Å². The van der Waals surface area contributed by atoms with Crippen molar-refractivity contribution >= 4 is 22.6 Å². The molecule has 1 aliphatic heterocycles. The van der Waals surface area contributed by atoms with Gasteiger partial charge in [0, 0.05) is 5.56 Å². The predicted molar refractivity (Wildman–Crippen MR) is 53.2 cm³/mol. The molecule has 2 rings (SSSR count). The fourth-order valence-corrected chi connectivity index (χ4v) is 1.87. The minimum Gasteiger partial charge on any atom is -0.286 e. The highest BCUT2D eigenvalue weighted by molar-refractivity contribution is 8.15. The van der Waals surface area contributed by atoms with Gasteiger partial charge in [-0.3, -0.25) is 5.41 Å². The first-order valence-electron chi connectivity index (χ1n) is 3.70. The molecular weight excluding hydrogens is 168 g/mol. The van der Waals surface area contributed by atoms with Crippen molar-refractivity contribution in [2.24, 2.45) is 4.99 Å². The molecule has 1 aliphatic rings. The predicted octanol–water partition coefficient (Wildman–Crippen LogP) is 2.16. The molecule has 12 heavy (non-hydrogen) atoms. The van der Waals surface area contributed by atoms with Crippen LogP contribution in [0.3, 0.4) is 0 Å². The number of nitrogens with zero attached hydrogens (tertiary/aromatic N) is 1. The summed E-state index contributed by atoms with van der Waals surface area (Å²) in [7, 11) is 0. The van der Waals surface area contributed by atoms with Crippen LogP contribution in [0, 0.1) is 5.41 Å². The van der Waals surface area contributed by atoms with Crippen molar-refractivity contribution in [2.75, 3.05) is 5.75 Å². The molecule has 0 atom stereocenters. The van der Waals surface area contributed by atoms with Crippen LogP contribution in [-0.2, 0) is 0 Å². The molecule has 1 N–H and O–H groups in total. The third kappa shape index (κ3) is 1.41. The fourth-order valence-electron chi connectivity index (χ4n) is 1.05. The third-order valence-corrected chi connectivity index (χ3v) is 2.62. The third-order valence-electron chi connectivity index (χ3n) is 1.60. The maximum absolute atomic E-state index is 7.32. The maximum Gasteiger partial charge on any atom is 0.132 e. The second-order valence-corrected chi connectivity index (χ2v) is 3.48. The summed E-state index contributed by atoms with van der Waals surface area (Å²) in [6.07, 6.45) is 0. The van der Waals surface area contributed by atoms with Gasteiger partial charge in [0.05, 0.1) is 5.75 Å². The van der Waals surface area contributed by atoms with Gasteiger partial charge >= 0.3 is 0 Å². The van der Waals surface area contributed by atoms with Gasteiger partial charge in [-0.15, -0.1) is 0 Å². The number of hydrogen-bond acceptors (Lipinski definition) is 2. The molecule has 3 heteroatoms. The Kier molecular flexibility index (Phi) is 1.96. The van der Waals surface area contributed by atoms with Gasteiger partial charge in [-0.2, -0.15) is 0 Å². The molecule has 0 unspecified atom stereocenters. The zero-order valence-corrected chi connectivity index (χ0v) is 7.27. The molecule has 0 fully saturated rings. The van der Waals surface area contributed by atoms with Gasteiger partial charge in [-0.1, -0.05) is 42.1 Å². The van der Waals surface area contributed by atoms with Crippen LogP contribution < -0.4 is 0 Å². The van der Waals surface area contributed by atoms with Gasteiger partial charge in [0.2, 0.25) is 0 Å². The molecule has 0 spiro atoms. The van der Waals surface area contributed by atoms with Crippen molar-refractivity contribution < 1.29 is 0 Å². The van der Waals surface area contributed by atoms with E-state index in [4.69, 9.17) is 5.41 Å². The van der Waals surface area contributed by atoms with E-state index in [1.807, 2.05) is 30.3 Å². The first-order chi connectivity index (χ1) is 5.86. The molecule has 1 aromatic rings. The molecule has 0 amide bonds. The van der Waals surface area contributed by atoms with E-state index in [1.54, 1.807) is 11.8 Å². The van der Waals surface area contributed by atoms with E-state index in [2.05, 4.69) is 4.99 Å². The lowest BCUT2D eigenvalue weighted by Gasteiger charge is -1.95. The minimum atomic E-state index is 0.471. The summed E-state index contributed by atoms with van der Waals surface area (Å²) >= 11 is 1.63. The largest absolute Gasteiger partial charge is 0.286 e. The molecule has 1 aromatic carbocycles. The van der Waals surface area contributed by atoms with Crippen molar-refractivity contribution in [1.82, 2.24) is 0 Å². The summed E-state index contributed by atoms with van der Waals surface area (Å²) in [4.78, 5) is 4.12. The SMILES string of the molecule is N=C1CSC(c2ccccc2)=N1. The van der Waals surface area contributed by atoms with Gasteiger partial charge in [-0.25, -0.2) is 4.99 Å². The summed E-state index contributed by atoms with van der Waals surface area (Å²) in [5.41, 5.74) is 1.12. The summed E-state index contributed by atoms with van der Waals surface area (Å²) in [5, 5.41) is 8.29. The topological polar surface area (TPSA) is 36.2 Å². The normalized spacial score (nSPS) is 16.3. The number of thioether (sulfide) groups is 1. The smallest absolute Gasteiger partial charge is 0.132 e. The van der Waals surface area contributed by atoms with E-state index in [1.165, 1.54) is 0 Å². The molecule has 60 valence electrons. The highest BCUT2D eigenvalue weighted by atomic mass is 32.2. The Morgan fingerprint density at radius 2 is 2.00 bits per heavy atom. The van der Waals surface area contributed by atoms with E-state index in [-0.39, 0.29) is 0 Å². The molecule has 0 radical (unpaired) electrons. The Bertz CT molecular complexity index is 330. The average Bonchev–Trinajstić information content (AvgIpc) is 2.54. The van der Waals surface area contributed by atoms with Crippen LogP contribution in [-0.4, -0.2) is 16.6 Å². The van der Waals surface area contributed by atoms with Crippen molar-refractivity contribution in [1.29, 1.82) is 5.41 Å². The summed E-state index contributed by atoms with van der Waals surface area (Å²) in [6, 6.07) is 9.99. The van der Waals surface area contributed by atoms with E-state index < -0.39 is 0 Å². The number of nitrogens with one attached hydrogen (secondary N) is 1. The highest BCUT2D eigenvalue weighted by Gasteiger charge is 2.12. The summed E-state index contributed by atoms with van der Waals surface area (Å²) in [5.74, 6) is 1.18. The number of aliphatic imine (C=N–C) groups is 1. The first kappa shape index (κ1) is 7.55. The quantitative estimate of drug-likeness (QED) is 0.699. The standard InChI is InChI=1S/C9H8N2S/c10-8-6-12-9(11-8)7-4-2-1-3-5-7/h1-5,10H,6H2. The second kappa shape index (κ2) is 3.11. The van der Waals surface area contributed by atoms with Gasteiger partial charge in [0.15, 0.2) is 0 Å². The Balaban J connectivity index is 2.33. The molecule has 1 heterocycles. The van der Waals surface area contributed by atoms with Crippen molar-refractivity contribution in [3.05, 3.63) is 35.9 Å². The Morgan fingerprint density at radius 1 is 1.25 bits per heavy atom. The van der Waals surface area contributed by atoms with Crippen LogP contribution >= 0.6 is 11.8 Å². The Hall–Kier alpha value is -1.09. The molecule has 2 nitrogen and oxygen atoms in total. The van der Waals surface area contributed by atoms with Gasteiger partial charge in [0.25, 0.3) is 0 Å².